The number of carbonyl (C=O) groups is 1. The Morgan fingerprint density at radius 2 is 1.76 bits per heavy atom. The van der Waals surface area contributed by atoms with Crippen LogP contribution < -0.4 is 0 Å². The molecule has 110 valence electrons. The zero-order chi connectivity index (χ0) is 15.2. The van der Waals surface area contributed by atoms with Gasteiger partial charge in [0.15, 0.2) is 0 Å². The van der Waals surface area contributed by atoms with E-state index in [0.717, 1.165) is 4.47 Å². The van der Waals surface area contributed by atoms with Crippen molar-refractivity contribution in [3.63, 3.8) is 0 Å². The zero-order valence-electron chi connectivity index (χ0n) is 10.9. The predicted molar refractivity (Wildman–Crippen MR) is 88.9 cm³/mol. The van der Waals surface area contributed by atoms with E-state index in [1.807, 2.05) is 0 Å². The van der Waals surface area contributed by atoms with E-state index in [9.17, 15) is 9.18 Å². The Morgan fingerprint density at radius 1 is 1.10 bits per heavy atom. The van der Waals surface area contributed by atoms with Crippen molar-refractivity contribution in [3.8, 4) is 0 Å². The van der Waals surface area contributed by atoms with E-state index >= 15 is 0 Å². The van der Waals surface area contributed by atoms with Crippen LogP contribution in [0.1, 0.15) is 10.4 Å². The van der Waals surface area contributed by atoms with Gasteiger partial charge in [0.1, 0.15) is 5.82 Å². The highest BCUT2D eigenvalue weighted by molar-refractivity contribution is 9.10. The van der Waals surface area contributed by atoms with E-state index in [0.29, 0.717) is 26.9 Å². The SMILES string of the molecule is O=C(O)c1ccc(Br)cc1SCCSc1ccccc1F. The molecule has 0 saturated heterocycles. The predicted octanol–water partition coefficient (Wildman–Crippen LogP) is 5.17. The van der Waals surface area contributed by atoms with Crippen LogP contribution in [0.25, 0.3) is 0 Å². The first kappa shape index (κ1) is 16.4. The molecule has 0 aliphatic rings. The third-order valence-electron chi connectivity index (χ3n) is 2.61. The van der Waals surface area contributed by atoms with E-state index in [1.165, 1.54) is 29.6 Å². The van der Waals surface area contributed by atoms with Gasteiger partial charge in [0.25, 0.3) is 0 Å². The van der Waals surface area contributed by atoms with E-state index in [1.54, 1.807) is 36.4 Å². The van der Waals surface area contributed by atoms with Gasteiger partial charge in [0, 0.05) is 25.8 Å². The smallest absolute Gasteiger partial charge is 0.336 e. The Bertz CT molecular complexity index is 649. The number of rotatable bonds is 6. The number of halogens is 2. The Kier molecular flexibility index (Phi) is 6.14. The number of carboxylic acids is 1. The molecule has 21 heavy (non-hydrogen) atoms. The van der Waals surface area contributed by atoms with Gasteiger partial charge < -0.3 is 5.11 Å². The van der Waals surface area contributed by atoms with Gasteiger partial charge in [-0.05, 0) is 30.3 Å². The standard InChI is InChI=1S/C15H12BrFO2S2/c16-10-5-6-11(15(18)19)14(9-10)21-8-7-20-13-4-2-1-3-12(13)17/h1-6,9H,7-8H2,(H,18,19). The molecule has 0 fully saturated rings. The van der Waals surface area contributed by atoms with Gasteiger partial charge in [0.2, 0.25) is 0 Å². The third-order valence-corrected chi connectivity index (χ3v) is 5.47. The lowest BCUT2D eigenvalue weighted by atomic mass is 10.2. The molecule has 2 nitrogen and oxygen atoms in total. The molecule has 0 amide bonds. The zero-order valence-corrected chi connectivity index (χ0v) is 14.1. The second-order valence-corrected chi connectivity index (χ2v) is 7.26. The van der Waals surface area contributed by atoms with E-state index in [-0.39, 0.29) is 5.82 Å². The minimum atomic E-state index is -0.938. The van der Waals surface area contributed by atoms with Crippen LogP contribution in [-0.4, -0.2) is 22.6 Å². The van der Waals surface area contributed by atoms with Gasteiger partial charge in [-0.1, -0.05) is 28.1 Å². The Balaban J connectivity index is 1.93. The van der Waals surface area contributed by atoms with Crippen molar-refractivity contribution in [2.24, 2.45) is 0 Å². The summed E-state index contributed by atoms with van der Waals surface area (Å²) in [6.45, 7) is 0. The largest absolute Gasteiger partial charge is 0.478 e. The summed E-state index contributed by atoms with van der Waals surface area (Å²) in [5.41, 5.74) is 0.291. The fraction of sp³-hybridized carbons (Fsp3) is 0.133. The number of hydrogen-bond donors (Lipinski definition) is 1. The van der Waals surface area contributed by atoms with Gasteiger partial charge >= 0.3 is 5.97 Å². The van der Waals surface area contributed by atoms with Crippen molar-refractivity contribution >= 4 is 45.4 Å². The molecule has 0 spiro atoms. The highest BCUT2D eigenvalue weighted by Gasteiger charge is 2.11. The summed E-state index contributed by atoms with van der Waals surface area (Å²) in [6, 6.07) is 11.7. The van der Waals surface area contributed by atoms with Crippen LogP contribution in [-0.2, 0) is 0 Å². The molecular weight excluding hydrogens is 375 g/mol. The maximum absolute atomic E-state index is 13.5. The Labute approximate surface area is 139 Å². The first-order chi connectivity index (χ1) is 10.1. The summed E-state index contributed by atoms with van der Waals surface area (Å²) in [4.78, 5) is 12.5. The second-order valence-electron chi connectivity index (χ2n) is 4.07. The maximum Gasteiger partial charge on any atom is 0.336 e. The van der Waals surface area contributed by atoms with Crippen LogP contribution in [0.2, 0.25) is 0 Å². The highest BCUT2D eigenvalue weighted by Crippen LogP contribution is 2.29. The minimum absolute atomic E-state index is 0.221. The summed E-state index contributed by atoms with van der Waals surface area (Å²) >= 11 is 6.23. The Hall–Kier alpha value is -0.980. The number of thioether (sulfide) groups is 2. The summed E-state index contributed by atoms with van der Waals surface area (Å²) in [5.74, 6) is 0.250. The molecule has 1 N–H and O–H groups in total. The van der Waals surface area contributed by atoms with Crippen molar-refractivity contribution in [2.45, 2.75) is 9.79 Å². The minimum Gasteiger partial charge on any atom is -0.478 e. The average Bonchev–Trinajstić information content (AvgIpc) is 2.45. The molecule has 0 heterocycles. The first-order valence-corrected chi connectivity index (χ1v) is 8.87. The summed E-state index contributed by atoms with van der Waals surface area (Å²) in [7, 11) is 0. The summed E-state index contributed by atoms with van der Waals surface area (Å²) < 4.78 is 14.3. The van der Waals surface area contributed by atoms with E-state index in [2.05, 4.69) is 15.9 Å². The van der Waals surface area contributed by atoms with Crippen LogP contribution in [0.5, 0.6) is 0 Å². The number of hydrogen-bond acceptors (Lipinski definition) is 3. The number of benzene rings is 2. The fourth-order valence-electron chi connectivity index (χ4n) is 1.66. The first-order valence-electron chi connectivity index (χ1n) is 6.11. The maximum atomic E-state index is 13.5. The third kappa shape index (κ3) is 4.76. The molecule has 2 rings (SSSR count). The second kappa shape index (κ2) is 7.87. The lowest BCUT2D eigenvalue weighted by molar-refractivity contribution is 0.0693. The highest BCUT2D eigenvalue weighted by atomic mass is 79.9. The van der Waals surface area contributed by atoms with Gasteiger partial charge in [-0.25, -0.2) is 9.18 Å². The van der Waals surface area contributed by atoms with Gasteiger partial charge in [0.05, 0.1) is 5.56 Å². The number of carboxylic acid groups (broad SMARTS) is 1. The topological polar surface area (TPSA) is 37.3 Å². The van der Waals surface area contributed by atoms with Crippen LogP contribution in [0.3, 0.4) is 0 Å². The molecule has 0 saturated carbocycles. The lowest BCUT2D eigenvalue weighted by Gasteiger charge is -2.07. The number of aromatic carboxylic acids is 1. The van der Waals surface area contributed by atoms with Crippen molar-refractivity contribution in [2.75, 3.05) is 11.5 Å². The molecule has 0 atom stereocenters. The average molecular weight is 387 g/mol. The van der Waals surface area contributed by atoms with Gasteiger partial charge in [-0.15, -0.1) is 23.5 Å². The van der Waals surface area contributed by atoms with Gasteiger partial charge in [-0.2, -0.15) is 0 Å². The fourth-order valence-corrected chi connectivity index (χ4v) is 4.18. The molecule has 2 aromatic rings. The molecule has 0 aromatic heterocycles. The molecule has 6 heteroatoms. The quantitative estimate of drug-likeness (QED) is 0.548. The van der Waals surface area contributed by atoms with E-state index < -0.39 is 5.97 Å². The van der Waals surface area contributed by atoms with Crippen molar-refractivity contribution in [3.05, 3.63) is 58.3 Å². The van der Waals surface area contributed by atoms with Crippen LogP contribution in [0.4, 0.5) is 4.39 Å². The van der Waals surface area contributed by atoms with Crippen molar-refractivity contribution < 1.29 is 14.3 Å². The molecule has 0 aliphatic heterocycles. The molecule has 2 aromatic carbocycles. The normalized spacial score (nSPS) is 10.6. The Morgan fingerprint density at radius 3 is 2.43 bits per heavy atom. The van der Waals surface area contributed by atoms with Crippen molar-refractivity contribution in [1.82, 2.24) is 0 Å². The summed E-state index contributed by atoms with van der Waals surface area (Å²) in [6.07, 6.45) is 0. The van der Waals surface area contributed by atoms with Crippen LogP contribution in [0, 0.1) is 5.82 Å². The molecular formula is C15H12BrFO2S2. The van der Waals surface area contributed by atoms with Crippen molar-refractivity contribution in [1.29, 1.82) is 0 Å². The van der Waals surface area contributed by atoms with Crippen LogP contribution in [0.15, 0.2) is 56.7 Å². The summed E-state index contributed by atoms with van der Waals surface area (Å²) in [5, 5.41) is 9.14. The lowest BCUT2D eigenvalue weighted by Crippen LogP contribution is -1.99. The molecule has 0 unspecified atom stereocenters. The molecule has 0 aliphatic carbocycles. The van der Waals surface area contributed by atoms with E-state index in [4.69, 9.17) is 5.11 Å². The molecule has 0 bridgehead atoms. The molecule has 0 radical (unpaired) electrons. The monoisotopic (exact) mass is 386 g/mol. The van der Waals surface area contributed by atoms with Crippen LogP contribution >= 0.6 is 39.5 Å². The van der Waals surface area contributed by atoms with Gasteiger partial charge in [-0.3, -0.25) is 0 Å².